The normalized spacial score (nSPS) is 21.2. The molecule has 2 fully saturated rings. The average molecular weight is 395 g/mol. The van der Waals surface area contributed by atoms with E-state index in [4.69, 9.17) is 5.10 Å². The van der Waals surface area contributed by atoms with Gasteiger partial charge >= 0.3 is 0 Å². The van der Waals surface area contributed by atoms with Crippen molar-refractivity contribution >= 4 is 5.91 Å². The molecule has 0 bridgehead atoms. The summed E-state index contributed by atoms with van der Waals surface area (Å²) in [5.74, 6) is 0.543. The number of rotatable bonds is 4. The molecule has 1 aromatic heterocycles. The first kappa shape index (κ1) is 20.1. The fraction of sp³-hybridized carbons (Fsp3) is 0.583. The fourth-order valence-corrected chi connectivity index (χ4v) is 4.84. The molecule has 5 heteroatoms. The lowest BCUT2D eigenvalue weighted by Crippen LogP contribution is -2.45. The van der Waals surface area contributed by atoms with Gasteiger partial charge in [0.25, 0.3) is 0 Å². The number of hydrogen-bond donors (Lipinski definition) is 0. The van der Waals surface area contributed by atoms with Crippen LogP contribution in [0.2, 0.25) is 0 Å². The van der Waals surface area contributed by atoms with Gasteiger partial charge in [0.05, 0.1) is 11.6 Å². The van der Waals surface area contributed by atoms with E-state index < -0.39 is 0 Å². The van der Waals surface area contributed by atoms with Crippen LogP contribution in [0.4, 0.5) is 0 Å². The maximum Gasteiger partial charge on any atom is 0.226 e. The molecule has 156 valence electrons. The Morgan fingerprint density at radius 3 is 2.48 bits per heavy atom. The van der Waals surface area contributed by atoms with E-state index in [9.17, 15) is 4.79 Å². The van der Waals surface area contributed by atoms with Crippen molar-refractivity contribution in [2.24, 2.45) is 13.0 Å². The predicted molar refractivity (Wildman–Crippen MR) is 116 cm³/mol. The zero-order valence-electron chi connectivity index (χ0n) is 17.9. The summed E-state index contributed by atoms with van der Waals surface area (Å²) in [6.45, 7) is 6.86. The first-order valence-electron chi connectivity index (χ1n) is 11.2. The van der Waals surface area contributed by atoms with Gasteiger partial charge in [-0.15, -0.1) is 0 Å². The van der Waals surface area contributed by atoms with E-state index in [1.54, 1.807) is 0 Å². The first-order valence-corrected chi connectivity index (χ1v) is 11.2. The van der Waals surface area contributed by atoms with Gasteiger partial charge in [-0.05, 0) is 39.2 Å². The second-order valence-corrected chi connectivity index (χ2v) is 8.72. The number of nitrogens with zero attached hydrogens (tertiary/aromatic N) is 4. The fourth-order valence-electron chi connectivity index (χ4n) is 4.84. The molecular formula is C24H34N4O. The molecule has 2 saturated heterocycles. The second kappa shape index (κ2) is 9.12. The lowest BCUT2D eigenvalue weighted by Gasteiger charge is -2.35. The lowest BCUT2D eigenvalue weighted by molar-refractivity contribution is -0.137. The van der Waals surface area contributed by atoms with Gasteiger partial charge in [-0.1, -0.05) is 43.2 Å². The molecule has 4 rings (SSSR count). The second-order valence-electron chi connectivity index (χ2n) is 8.72. The molecule has 1 atom stereocenters. The number of hydrogen-bond acceptors (Lipinski definition) is 3. The molecule has 3 heterocycles. The number of piperidine rings is 1. The van der Waals surface area contributed by atoms with Gasteiger partial charge in [0, 0.05) is 50.0 Å². The Balaban J connectivity index is 1.48. The molecule has 2 aliphatic rings. The summed E-state index contributed by atoms with van der Waals surface area (Å²) in [6.07, 6.45) is 6.99. The van der Waals surface area contributed by atoms with E-state index >= 15 is 0 Å². The minimum absolute atomic E-state index is 0.152. The standard InChI is InChI=1S/C24H34N4O/c1-19-22(23(25-26(19)2)20-11-6-5-7-12-20)18-27-14-10-13-21(17-27)24(29)28-15-8-3-4-9-16-28/h5-7,11-12,21H,3-4,8-10,13-18H2,1-2H3. The quantitative estimate of drug-likeness (QED) is 0.787. The zero-order valence-corrected chi connectivity index (χ0v) is 17.9. The monoisotopic (exact) mass is 394 g/mol. The van der Waals surface area contributed by atoms with Crippen LogP contribution in [0.1, 0.15) is 49.8 Å². The Morgan fingerprint density at radius 2 is 1.76 bits per heavy atom. The van der Waals surface area contributed by atoms with Gasteiger partial charge in [-0.25, -0.2) is 0 Å². The molecule has 29 heavy (non-hydrogen) atoms. The number of aromatic nitrogens is 2. The summed E-state index contributed by atoms with van der Waals surface area (Å²) in [5.41, 5.74) is 4.75. The van der Waals surface area contributed by atoms with E-state index in [0.29, 0.717) is 5.91 Å². The van der Waals surface area contributed by atoms with Crippen LogP contribution in [-0.4, -0.2) is 51.7 Å². The predicted octanol–water partition coefficient (Wildman–Crippen LogP) is 4.01. The maximum atomic E-state index is 13.1. The van der Waals surface area contributed by atoms with Crippen molar-refractivity contribution in [2.45, 2.75) is 52.0 Å². The van der Waals surface area contributed by atoms with E-state index in [-0.39, 0.29) is 5.92 Å². The molecule has 2 aromatic rings. The molecule has 0 spiro atoms. The third-order valence-corrected chi connectivity index (χ3v) is 6.66. The molecule has 0 radical (unpaired) electrons. The minimum Gasteiger partial charge on any atom is -0.342 e. The molecular weight excluding hydrogens is 360 g/mol. The summed E-state index contributed by atoms with van der Waals surface area (Å²) >= 11 is 0. The third-order valence-electron chi connectivity index (χ3n) is 6.66. The molecule has 0 saturated carbocycles. The SMILES string of the molecule is Cc1c(CN2CCCC(C(=O)N3CCCCCC3)C2)c(-c2ccccc2)nn1C. The molecule has 0 N–H and O–H groups in total. The van der Waals surface area contributed by atoms with E-state index in [2.05, 4.69) is 41.0 Å². The molecule has 1 unspecified atom stereocenters. The van der Waals surface area contributed by atoms with Gasteiger partial charge in [-0.3, -0.25) is 14.4 Å². The molecule has 0 aliphatic carbocycles. The minimum atomic E-state index is 0.152. The van der Waals surface area contributed by atoms with Gasteiger partial charge in [0.1, 0.15) is 0 Å². The number of carbonyl (C=O) groups is 1. The summed E-state index contributed by atoms with van der Waals surface area (Å²) in [6, 6.07) is 10.4. The lowest BCUT2D eigenvalue weighted by atomic mass is 9.95. The number of carbonyl (C=O) groups excluding carboxylic acids is 1. The van der Waals surface area contributed by atoms with E-state index in [0.717, 1.165) is 64.1 Å². The first-order chi connectivity index (χ1) is 14.1. The van der Waals surface area contributed by atoms with Crippen LogP contribution < -0.4 is 0 Å². The Morgan fingerprint density at radius 1 is 1.03 bits per heavy atom. The number of amides is 1. The third kappa shape index (κ3) is 4.55. The molecule has 2 aliphatic heterocycles. The largest absolute Gasteiger partial charge is 0.342 e. The van der Waals surface area contributed by atoms with Crippen LogP contribution >= 0.6 is 0 Å². The summed E-state index contributed by atoms with van der Waals surface area (Å²) < 4.78 is 1.99. The number of aryl methyl sites for hydroxylation is 1. The highest BCUT2D eigenvalue weighted by molar-refractivity contribution is 5.79. The van der Waals surface area contributed by atoms with E-state index in [1.807, 2.05) is 17.8 Å². The highest BCUT2D eigenvalue weighted by atomic mass is 16.2. The Labute approximate surface area is 174 Å². The smallest absolute Gasteiger partial charge is 0.226 e. The van der Waals surface area contributed by atoms with Crippen molar-refractivity contribution in [1.82, 2.24) is 19.6 Å². The highest BCUT2D eigenvalue weighted by Crippen LogP contribution is 2.28. The summed E-state index contributed by atoms with van der Waals surface area (Å²) in [4.78, 5) is 17.8. The van der Waals surface area contributed by atoms with Gasteiger partial charge in [-0.2, -0.15) is 5.10 Å². The molecule has 1 amide bonds. The Hall–Kier alpha value is -2.14. The van der Waals surface area contributed by atoms with Gasteiger partial charge in [0.2, 0.25) is 5.91 Å². The molecule has 1 aromatic carbocycles. The van der Waals surface area contributed by atoms with Crippen LogP contribution in [0.25, 0.3) is 11.3 Å². The van der Waals surface area contributed by atoms with Crippen LogP contribution in [0.3, 0.4) is 0 Å². The van der Waals surface area contributed by atoms with Crippen LogP contribution in [0, 0.1) is 12.8 Å². The van der Waals surface area contributed by atoms with Gasteiger partial charge < -0.3 is 4.90 Å². The van der Waals surface area contributed by atoms with Crippen molar-refractivity contribution in [3.05, 3.63) is 41.6 Å². The Bertz CT molecular complexity index is 821. The van der Waals surface area contributed by atoms with Crippen LogP contribution in [0.15, 0.2) is 30.3 Å². The van der Waals surface area contributed by atoms with Crippen molar-refractivity contribution in [3.8, 4) is 11.3 Å². The number of likely N-dealkylation sites (tertiary alicyclic amines) is 2. The van der Waals surface area contributed by atoms with Gasteiger partial charge in [0.15, 0.2) is 0 Å². The highest BCUT2D eigenvalue weighted by Gasteiger charge is 2.30. The summed E-state index contributed by atoms with van der Waals surface area (Å²) in [5, 5.41) is 4.80. The molecule has 5 nitrogen and oxygen atoms in total. The van der Waals surface area contributed by atoms with Crippen molar-refractivity contribution in [2.75, 3.05) is 26.2 Å². The van der Waals surface area contributed by atoms with Crippen LogP contribution in [0.5, 0.6) is 0 Å². The topological polar surface area (TPSA) is 41.4 Å². The van der Waals surface area contributed by atoms with E-state index in [1.165, 1.54) is 29.7 Å². The Kier molecular flexibility index (Phi) is 6.34. The summed E-state index contributed by atoms with van der Waals surface area (Å²) in [7, 11) is 2.02. The van der Waals surface area contributed by atoms with Crippen molar-refractivity contribution < 1.29 is 4.79 Å². The van der Waals surface area contributed by atoms with Crippen molar-refractivity contribution in [3.63, 3.8) is 0 Å². The average Bonchev–Trinajstić information content (AvgIpc) is 2.95. The van der Waals surface area contributed by atoms with Crippen molar-refractivity contribution in [1.29, 1.82) is 0 Å². The zero-order chi connectivity index (χ0) is 20.2. The number of benzene rings is 1. The maximum absolute atomic E-state index is 13.1. The van der Waals surface area contributed by atoms with Crippen LogP contribution in [-0.2, 0) is 18.4 Å².